The van der Waals surface area contributed by atoms with Gasteiger partial charge in [-0.3, -0.25) is 9.69 Å². The molecule has 2 aromatic carbocycles. The Hall–Kier alpha value is -2.93. The molecule has 164 valence electrons. The summed E-state index contributed by atoms with van der Waals surface area (Å²) in [5.41, 5.74) is 8.39. The van der Waals surface area contributed by atoms with Gasteiger partial charge in [0.2, 0.25) is 5.91 Å². The van der Waals surface area contributed by atoms with E-state index in [0.29, 0.717) is 24.2 Å². The van der Waals surface area contributed by atoms with Crippen molar-refractivity contribution in [2.75, 3.05) is 19.7 Å². The first kappa shape index (κ1) is 21.3. The van der Waals surface area contributed by atoms with Gasteiger partial charge in [-0.1, -0.05) is 6.92 Å². The van der Waals surface area contributed by atoms with Gasteiger partial charge in [-0.15, -0.1) is 0 Å². The van der Waals surface area contributed by atoms with Crippen LogP contribution in [-0.4, -0.2) is 41.5 Å². The fourth-order valence-corrected chi connectivity index (χ4v) is 4.49. The van der Waals surface area contributed by atoms with E-state index < -0.39 is 11.7 Å². The zero-order valence-electron chi connectivity index (χ0n) is 17.6. The number of H-pyrrole nitrogens is 1. The van der Waals surface area contributed by atoms with Gasteiger partial charge < -0.3 is 15.5 Å². The standard InChI is InChI=1S/C24H27F2N3O2/c1-2-9-29(10-3-4-15-13-28-22-8-5-16(25)11-19(15)22)17-12-20-18(24(27)30)6-7-21(26)23(20)31-14-17/h5-8,11,13,17,28H,2-4,9-10,12,14H2,1H3,(H2,27,30). The second-order valence-electron chi connectivity index (χ2n) is 8.08. The fourth-order valence-electron chi connectivity index (χ4n) is 4.49. The van der Waals surface area contributed by atoms with Crippen LogP contribution in [0.2, 0.25) is 0 Å². The first-order valence-electron chi connectivity index (χ1n) is 10.7. The summed E-state index contributed by atoms with van der Waals surface area (Å²) in [6, 6.07) is 7.47. The summed E-state index contributed by atoms with van der Waals surface area (Å²) in [6.07, 6.45) is 5.13. The van der Waals surface area contributed by atoms with Gasteiger partial charge in [0.15, 0.2) is 11.6 Å². The fraction of sp³-hybridized carbons (Fsp3) is 0.375. The quantitative estimate of drug-likeness (QED) is 0.566. The number of halogens is 2. The highest BCUT2D eigenvalue weighted by Gasteiger charge is 2.30. The lowest BCUT2D eigenvalue weighted by atomic mass is 9.95. The molecule has 0 fully saturated rings. The van der Waals surface area contributed by atoms with Gasteiger partial charge in [-0.25, -0.2) is 8.78 Å². The monoisotopic (exact) mass is 427 g/mol. The third-order valence-corrected chi connectivity index (χ3v) is 5.99. The lowest BCUT2D eigenvalue weighted by Crippen LogP contribution is -2.44. The van der Waals surface area contributed by atoms with E-state index in [0.717, 1.165) is 48.8 Å². The van der Waals surface area contributed by atoms with E-state index in [-0.39, 0.29) is 17.6 Å². The molecule has 1 aliphatic rings. The van der Waals surface area contributed by atoms with E-state index in [1.807, 2.05) is 6.20 Å². The highest BCUT2D eigenvalue weighted by Crippen LogP contribution is 2.32. The number of aryl methyl sites for hydroxylation is 1. The Morgan fingerprint density at radius 1 is 1.26 bits per heavy atom. The smallest absolute Gasteiger partial charge is 0.249 e. The van der Waals surface area contributed by atoms with Crippen molar-refractivity contribution in [3.63, 3.8) is 0 Å². The average Bonchev–Trinajstić information content (AvgIpc) is 3.15. The SMILES string of the molecule is CCCN(CCCc1c[nH]c2ccc(F)cc12)C1COc2c(F)ccc(C(N)=O)c2C1. The number of primary amides is 1. The topological polar surface area (TPSA) is 71.3 Å². The molecule has 0 bridgehead atoms. The van der Waals surface area contributed by atoms with E-state index in [4.69, 9.17) is 10.5 Å². The molecule has 31 heavy (non-hydrogen) atoms. The number of nitrogens with zero attached hydrogens (tertiary/aromatic N) is 1. The summed E-state index contributed by atoms with van der Waals surface area (Å²) in [5, 5.41) is 0.915. The molecule has 4 rings (SSSR count). The van der Waals surface area contributed by atoms with Crippen LogP contribution in [0.3, 0.4) is 0 Å². The number of nitrogens with one attached hydrogen (secondary N) is 1. The van der Waals surface area contributed by atoms with Crippen molar-refractivity contribution >= 4 is 16.8 Å². The lowest BCUT2D eigenvalue weighted by molar-refractivity contribution is 0.0984. The van der Waals surface area contributed by atoms with Crippen molar-refractivity contribution in [3.05, 3.63) is 64.9 Å². The zero-order valence-corrected chi connectivity index (χ0v) is 17.6. The van der Waals surface area contributed by atoms with Crippen molar-refractivity contribution in [2.45, 2.75) is 38.6 Å². The molecule has 3 aromatic rings. The number of rotatable bonds is 8. The molecular weight excluding hydrogens is 400 g/mol. The molecule has 7 heteroatoms. The molecule has 1 aromatic heterocycles. The molecule has 0 saturated carbocycles. The molecule has 1 amide bonds. The second-order valence-corrected chi connectivity index (χ2v) is 8.08. The van der Waals surface area contributed by atoms with E-state index in [9.17, 15) is 13.6 Å². The third-order valence-electron chi connectivity index (χ3n) is 5.99. The molecule has 0 aliphatic carbocycles. The molecule has 5 nitrogen and oxygen atoms in total. The maximum atomic E-state index is 14.2. The Bertz CT molecular complexity index is 1100. The molecular formula is C24H27F2N3O2. The summed E-state index contributed by atoms with van der Waals surface area (Å²) in [7, 11) is 0. The van der Waals surface area contributed by atoms with E-state index in [2.05, 4.69) is 16.8 Å². The molecule has 3 N–H and O–H groups in total. The molecule has 0 saturated heterocycles. The van der Waals surface area contributed by atoms with Gasteiger partial charge in [0.1, 0.15) is 12.4 Å². The third kappa shape index (κ3) is 4.42. The van der Waals surface area contributed by atoms with Gasteiger partial charge in [-0.05, 0) is 74.7 Å². The summed E-state index contributed by atoms with van der Waals surface area (Å²) in [6.45, 7) is 4.17. The summed E-state index contributed by atoms with van der Waals surface area (Å²) < 4.78 is 33.6. The van der Waals surface area contributed by atoms with E-state index in [1.54, 1.807) is 12.1 Å². The van der Waals surface area contributed by atoms with Crippen LogP contribution in [0, 0.1) is 11.6 Å². The number of hydrogen-bond acceptors (Lipinski definition) is 3. The van der Waals surface area contributed by atoms with Crippen LogP contribution in [-0.2, 0) is 12.8 Å². The summed E-state index contributed by atoms with van der Waals surface area (Å²) in [5.74, 6) is -1.14. The maximum absolute atomic E-state index is 14.2. The highest BCUT2D eigenvalue weighted by atomic mass is 19.1. The highest BCUT2D eigenvalue weighted by molar-refractivity contribution is 5.95. The van der Waals surface area contributed by atoms with Crippen LogP contribution in [0.25, 0.3) is 10.9 Å². The van der Waals surface area contributed by atoms with Crippen LogP contribution in [0.15, 0.2) is 36.5 Å². The lowest BCUT2D eigenvalue weighted by Gasteiger charge is -2.35. The van der Waals surface area contributed by atoms with Crippen LogP contribution in [0.1, 0.15) is 41.3 Å². The van der Waals surface area contributed by atoms with Gasteiger partial charge in [0.25, 0.3) is 0 Å². The number of carbonyl (C=O) groups is 1. The number of nitrogens with two attached hydrogens (primary N) is 1. The molecule has 2 heterocycles. The molecule has 0 radical (unpaired) electrons. The number of carbonyl (C=O) groups excluding carboxylic acids is 1. The minimum atomic E-state index is -0.575. The molecule has 1 unspecified atom stereocenters. The Balaban J connectivity index is 1.46. The van der Waals surface area contributed by atoms with Crippen LogP contribution < -0.4 is 10.5 Å². The first-order valence-corrected chi connectivity index (χ1v) is 10.7. The van der Waals surface area contributed by atoms with E-state index in [1.165, 1.54) is 18.2 Å². The number of amides is 1. The number of aromatic nitrogens is 1. The Kier molecular flexibility index (Phi) is 6.23. The number of benzene rings is 2. The van der Waals surface area contributed by atoms with Crippen molar-refractivity contribution in [1.29, 1.82) is 0 Å². The Labute approximate surface area is 180 Å². The van der Waals surface area contributed by atoms with Gasteiger partial charge >= 0.3 is 0 Å². The maximum Gasteiger partial charge on any atom is 0.249 e. The minimum Gasteiger partial charge on any atom is -0.489 e. The Morgan fingerprint density at radius 2 is 2.10 bits per heavy atom. The summed E-state index contributed by atoms with van der Waals surface area (Å²) >= 11 is 0. The second kappa shape index (κ2) is 9.06. The van der Waals surface area contributed by atoms with Gasteiger partial charge in [0.05, 0.1) is 0 Å². The van der Waals surface area contributed by atoms with Crippen molar-refractivity contribution in [1.82, 2.24) is 9.88 Å². The average molecular weight is 427 g/mol. The number of aromatic amines is 1. The van der Waals surface area contributed by atoms with Crippen LogP contribution in [0.4, 0.5) is 8.78 Å². The molecule has 1 aliphatic heterocycles. The first-order chi connectivity index (χ1) is 15.0. The van der Waals surface area contributed by atoms with Crippen molar-refractivity contribution in [2.24, 2.45) is 5.73 Å². The van der Waals surface area contributed by atoms with Gasteiger partial charge in [-0.2, -0.15) is 0 Å². The largest absolute Gasteiger partial charge is 0.489 e. The normalized spacial score (nSPS) is 15.8. The molecule has 0 spiro atoms. The number of fused-ring (bicyclic) bond motifs is 2. The van der Waals surface area contributed by atoms with Crippen molar-refractivity contribution in [3.8, 4) is 5.75 Å². The number of ether oxygens (including phenoxy) is 1. The predicted octanol–water partition coefficient (Wildman–Crippen LogP) is 4.19. The number of hydrogen-bond donors (Lipinski definition) is 2. The van der Waals surface area contributed by atoms with Crippen LogP contribution in [0.5, 0.6) is 5.75 Å². The minimum absolute atomic E-state index is 0.0350. The summed E-state index contributed by atoms with van der Waals surface area (Å²) in [4.78, 5) is 17.3. The zero-order chi connectivity index (χ0) is 22.0. The predicted molar refractivity (Wildman–Crippen MR) is 116 cm³/mol. The van der Waals surface area contributed by atoms with Crippen LogP contribution >= 0.6 is 0 Å². The van der Waals surface area contributed by atoms with E-state index >= 15 is 0 Å². The van der Waals surface area contributed by atoms with Crippen molar-refractivity contribution < 1.29 is 18.3 Å². The Morgan fingerprint density at radius 3 is 2.87 bits per heavy atom. The molecule has 1 atom stereocenters. The van der Waals surface area contributed by atoms with Gasteiger partial charge in [0, 0.05) is 34.3 Å².